The lowest BCUT2D eigenvalue weighted by atomic mass is 9.73. The summed E-state index contributed by atoms with van der Waals surface area (Å²) < 4.78 is 69.5. The van der Waals surface area contributed by atoms with E-state index >= 15 is 0 Å². The number of benzene rings is 2. The lowest BCUT2D eigenvalue weighted by Gasteiger charge is -2.34. The van der Waals surface area contributed by atoms with E-state index in [0.717, 1.165) is 11.6 Å². The highest BCUT2D eigenvalue weighted by Crippen LogP contribution is 2.48. The van der Waals surface area contributed by atoms with Gasteiger partial charge in [0.15, 0.2) is 0 Å². The molecule has 2 aromatic carbocycles. The predicted octanol–water partition coefficient (Wildman–Crippen LogP) is 7.01. The van der Waals surface area contributed by atoms with Crippen molar-refractivity contribution >= 4 is 21.9 Å². The molecule has 0 spiro atoms. The summed E-state index contributed by atoms with van der Waals surface area (Å²) >= 11 is 0. The van der Waals surface area contributed by atoms with Gasteiger partial charge in [0.1, 0.15) is 23.4 Å². The number of rotatable bonds is 3. The Kier molecular flexibility index (Phi) is 5.10. The number of aromatic amines is 1. The Hall–Kier alpha value is -3.03. The molecule has 1 atom stereocenters. The van der Waals surface area contributed by atoms with Crippen LogP contribution in [0.2, 0.25) is 0 Å². The van der Waals surface area contributed by atoms with Crippen molar-refractivity contribution in [2.45, 2.75) is 43.7 Å². The molecule has 1 aliphatic rings. The van der Waals surface area contributed by atoms with Crippen LogP contribution in [0.25, 0.3) is 21.9 Å². The smallest absolute Gasteiger partial charge is 0.341 e. The average Bonchev–Trinajstić information content (AvgIpc) is 3.15. The molecule has 1 N–H and O–H groups in total. The maximum absolute atomic E-state index is 14.1. The van der Waals surface area contributed by atoms with Gasteiger partial charge in [-0.3, -0.25) is 4.98 Å². The number of fused-ring (bicyclic) bond motifs is 2. The monoisotopic (exact) mass is 445 g/mol. The number of nitrogens with one attached hydrogen (secondary N) is 1. The van der Waals surface area contributed by atoms with Gasteiger partial charge in [-0.1, -0.05) is 0 Å². The molecule has 2 heterocycles. The van der Waals surface area contributed by atoms with Crippen molar-refractivity contribution in [3.8, 4) is 0 Å². The number of hydrogen-bond acceptors (Lipinski definition) is 2. The molecule has 0 unspecified atom stereocenters. The van der Waals surface area contributed by atoms with Gasteiger partial charge >= 0.3 is 6.18 Å². The highest BCUT2D eigenvalue weighted by Gasteiger charge is 2.48. The fourth-order valence-corrected chi connectivity index (χ4v) is 5.05. The summed E-state index contributed by atoms with van der Waals surface area (Å²) in [5, 5.41) is 0.711. The van der Waals surface area contributed by atoms with Crippen molar-refractivity contribution in [2.24, 2.45) is 5.92 Å². The van der Waals surface area contributed by atoms with E-state index in [4.69, 9.17) is 0 Å². The molecule has 0 radical (unpaired) electrons. The van der Waals surface area contributed by atoms with Gasteiger partial charge in [-0.15, -0.1) is 0 Å². The lowest BCUT2D eigenvalue weighted by Crippen LogP contribution is -2.31. The normalized spacial score (nSPS) is 20.7. The molecular formula is C24H20F5N3. The summed E-state index contributed by atoms with van der Waals surface area (Å²) in [4.78, 5) is 11.1. The van der Waals surface area contributed by atoms with E-state index in [9.17, 15) is 22.0 Å². The van der Waals surface area contributed by atoms with E-state index < -0.39 is 23.8 Å². The minimum absolute atomic E-state index is 0.0391. The van der Waals surface area contributed by atoms with Crippen molar-refractivity contribution in [3.05, 3.63) is 71.7 Å². The summed E-state index contributed by atoms with van der Waals surface area (Å²) in [6, 6.07) is 9.96. The highest BCUT2D eigenvalue weighted by atomic mass is 19.4. The summed E-state index contributed by atoms with van der Waals surface area (Å²) in [6.45, 7) is 0. The van der Waals surface area contributed by atoms with E-state index in [1.807, 2.05) is 6.07 Å². The average molecular weight is 445 g/mol. The third-order valence-electron chi connectivity index (χ3n) is 6.53. The Bertz CT molecular complexity index is 1270. The standard InChI is InChI=1S/C24H20F5N3/c25-15-5-7-19-18(11-15)17(9-10-30-19)13-1-3-14(4-2-13)22(24(27,28)29)23-31-20-8-6-16(26)12-21(20)32-23/h5-14,22H,1-4H2,(H,31,32)/t13?,14?,22-/m1/s1. The number of imidazole rings is 1. The molecule has 1 fully saturated rings. The van der Waals surface area contributed by atoms with Gasteiger partial charge in [0.05, 0.1) is 16.6 Å². The first-order valence-electron chi connectivity index (χ1n) is 10.6. The minimum Gasteiger partial charge on any atom is -0.341 e. The molecule has 8 heteroatoms. The SMILES string of the molecule is Fc1ccc2nc([C@@H](C3CCC(c4ccnc5ccc(F)cc45)CC3)C(F)(F)F)[nH]c2c1. The Balaban J connectivity index is 1.41. The first-order valence-corrected chi connectivity index (χ1v) is 10.6. The molecule has 0 saturated heterocycles. The molecule has 1 saturated carbocycles. The van der Waals surface area contributed by atoms with Gasteiger partial charge in [-0.05, 0) is 85.5 Å². The van der Waals surface area contributed by atoms with Crippen LogP contribution in [-0.2, 0) is 0 Å². The molecule has 4 aromatic rings. The van der Waals surface area contributed by atoms with E-state index in [2.05, 4.69) is 15.0 Å². The van der Waals surface area contributed by atoms with Crippen LogP contribution < -0.4 is 0 Å². The fraction of sp³-hybridized carbons (Fsp3) is 0.333. The predicted molar refractivity (Wildman–Crippen MR) is 111 cm³/mol. The topological polar surface area (TPSA) is 41.6 Å². The van der Waals surface area contributed by atoms with E-state index in [0.29, 0.717) is 42.1 Å². The second-order valence-electron chi connectivity index (χ2n) is 8.48. The summed E-state index contributed by atoms with van der Waals surface area (Å²) in [7, 11) is 0. The fourth-order valence-electron chi connectivity index (χ4n) is 5.05. The lowest BCUT2D eigenvalue weighted by molar-refractivity contribution is -0.166. The first kappa shape index (κ1) is 20.8. The van der Waals surface area contributed by atoms with Crippen LogP contribution in [0.4, 0.5) is 22.0 Å². The third-order valence-corrected chi connectivity index (χ3v) is 6.53. The molecule has 3 nitrogen and oxygen atoms in total. The van der Waals surface area contributed by atoms with E-state index in [-0.39, 0.29) is 23.1 Å². The molecule has 2 aromatic heterocycles. The van der Waals surface area contributed by atoms with Crippen molar-refractivity contribution in [3.63, 3.8) is 0 Å². The number of halogens is 5. The van der Waals surface area contributed by atoms with E-state index in [1.54, 1.807) is 12.3 Å². The first-order chi connectivity index (χ1) is 15.3. The maximum Gasteiger partial charge on any atom is 0.399 e. The van der Waals surface area contributed by atoms with Crippen LogP contribution in [0.5, 0.6) is 0 Å². The molecule has 1 aliphatic carbocycles. The summed E-state index contributed by atoms with van der Waals surface area (Å²) in [5.74, 6) is -3.40. The number of hydrogen-bond donors (Lipinski definition) is 1. The zero-order chi connectivity index (χ0) is 22.5. The zero-order valence-electron chi connectivity index (χ0n) is 17.0. The molecular weight excluding hydrogens is 425 g/mol. The van der Waals surface area contributed by atoms with E-state index in [1.165, 1.54) is 24.3 Å². The second-order valence-corrected chi connectivity index (χ2v) is 8.48. The highest BCUT2D eigenvalue weighted by molar-refractivity contribution is 5.82. The van der Waals surface area contributed by atoms with Crippen molar-refractivity contribution < 1.29 is 22.0 Å². The quantitative estimate of drug-likeness (QED) is 0.345. The van der Waals surface area contributed by atoms with Gasteiger partial charge in [0, 0.05) is 11.6 Å². The molecule has 0 amide bonds. The third kappa shape index (κ3) is 3.82. The molecule has 0 bridgehead atoms. The van der Waals surface area contributed by atoms with Gasteiger partial charge < -0.3 is 4.98 Å². The van der Waals surface area contributed by atoms with Crippen molar-refractivity contribution in [1.29, 1.82) is 0 Å². The Morgan fingerprint density at radius 1 is 0.875 bits per heavy atom. The zero-order valence-corrected chi connectivity index (χ0v) is 17.0. The number of H-pyrrole nitrogens is 1. The molecule has 166 valence electrons. The minimum atomic E-state index is -4.48. The number of nitrogens with zero attached hydrogens (tertiary/aromatic N) is 2. The van der Waals surface area contributed by atoms with Gasteiger partial charge in [-0.2, -0.15) is 13.2 Å². The van der Waals surface area contributed by atoms with Crippen LogP contribution in [0.15, 0.2) is 48.7 Å². The number of alkyl halides is 3. The van der Waals surface area contributed by atoms with Gasteiger partial charge in [0.25, 0.3) is 0 Å². The number of aromatic nitrogens is 3. The molecule has 0 aliphatic heterocycles. The van der Waals surface area contributed by atoms with Crippen LogP contribution >= 0.6 is 0 Å². The second kappa shape index (κ2) is 7.83. The Morgan fingerprint density at radius 2 is 1.56 bits per heavy atom. The largest absolute Gasteiger partial charge is 0.399 e. The van der Waals surface area contributed by atoms with Crippen LogP contribution in [-0.4, -0.2) is 21.1 Å². The van der Waals surface area contributed by atoms with Gasteiger partial charge in [0.2, 0.25) is 0 Å². The maximum atomic E-state index is 14.1. The summed E-state index contributed by atoms with van der Waals surface area (Å²) in [6.07, 6.45) is -0.980. The Morgan fingerprint density at radius 3 is 2.28 bits per heavy atom. The van der Waals surface area contributed by atoms with Crippen molar-refractivity contribution in [1.82, 2.24) is 15.0 Å². The van der Waals surface area contributed by atoms with Crippen LogP contribution in [0, 0.1) is 17.6 Å². The van der Waals surface area contributed by atoms with Gasteiger partial charge in [-0.25, -0.2) is 13.8 Å². The summed E-state index contributed by atoms with van der Waals surface area (Å²) in [5.41, 5.74) is 2.17. The van der Waals surface area contributed by atoms with Crippen LogP contribution in [0.1, 0.15) is 48.9 Å². The molecule has 32 heavy (non-hydrogen) atoms. The number of pyridine rings is 1. The van der Waals surface area contributed by atoms with Crippen LogP contribution in [0.3, 0.4) is 0 Å². The Labute approximate surface area is 180 Å². The molecule has 5 rings (SSSR count). The van der Waals surface area contributed by atoms with Crippen molar-refractivity contribution in [2.75, 3.05) is 0 Å².